The number of rotatable bonds is 3. The van der Waals surface area contributed by atoms with Crippen LogP contribution in [0.25, 0.3) is 33.4 Å². The van der Waals surface area contributed by atoms with Crippen LogP contribution in [0.1, 0.15) is 0 Å². The largest absolute Gasteiger partial charge is 0.455 e. The Morgan fingerprint density at radius 2 is 1.43 bits per heavy atom. The molecule has 4 rings (SSSR count). The first-order valence-electron chi connectivity index (χ1n) is 8.68. The summed E-state index contributed by atoms with van der Waals surface area (Å²) in [4.78, 5) is 13.5. The third-order valence-corrected chi connectivity index (χ3v) is 6.94. The second-order valence-corrected chi connectivity index (χ2v) is 9.89. The molecule has 30 heavy (non-hydrogen) atoms. The Morgan fingerprint density at radius 3 is 2.03 bits per heavy atom. The highest BCUT2D eigenvalue weighted by Crippen LogP contribution is 2.38. The Kier molecular flexibility index (Phi) is 5.41. The van der Waals surface area contributed by atoms with Gasteiger partial charge in [-0.25, -0.2) is 8.42 Å². The van der Waals surface area contributed by atoms with E-state index in [4.69, 9.17) is 39.2 Å². The molecule has 0 unspecified atom stereocenters. The van der Waals surface area contributed by atoms with Crippen LogP contribution in [0, 0.1) is 0 Å². The van der Waals surface area contributed by atoms with E-state index in [0.29, 0.717) is 22.1 Å². The van der Waals surface area contributed by atoms with E-state index >= 15 is 0 Å². The van der Waals surface area contributed by atoms with Crippen LogP contribution >= 0.6 is 34.8 Å². The molecule has 1 heterocycles. The van der Waals surface area contributed by atoms with Crippen LogP contribution in [-0.4, -0.2) is 14.7 Å². The van der Waals surface area contributed by atoms with Gasteiger partial charge in [0.05, 0.1) is 30.9 Å². The standard InChI is InChI=1S/C22H13Cl3O4S/c1-30(27,28)14-8-6-12(7-9-14)22-19(13-10-16(23)20(25)17(24)11-13)21(26)15-4-2-3-5-18(15)29-22/h2-11H,1H3. The van der Waals surface area contributed by atoms with E-state index in [9.17, 15) is 13.2 Å². The van der Waals surface area contributed by atoms with Crippen LogP contribution in [0.3, 0.4) is 0 Å². The monoisotopic (exact) mass is 478 g/mol. The molecule has 0 saturated heterocycles. The van der Waals surface area contributed by atoms with Crippen molar-refractivity contribution in [2.24, 2.45) is 0 Å². The third kappa shape index (κ3) is 3.74. The lowest BCUT2D eigenvalue weighted by Gasteiger charge is -2.12. The summed E-state index contributed by atoms with van der Waals surface area (Å²) in [7, 11) is -3.36. The maximum absolute atomic E-state index is 13.4. The summed E-state index contributed by atoms with van der Waals surface area (Å²) in [5, 5.41) is 0.979. The van der Waals surface area contributed by atoms with Crippen molar-refractivity contribution in [3.8, 4) is 22.5 Å². The number of hydrogen-bond donors (Lipinski definition) is 0. The lowest BCUT2D eigenvalue weighted by Crippen LogP contribution is -2.07. The molecule has 0 fully saturated rings. The van der Waals surface area contributed by atoms with E-state index in [0.717, 1.165) is 6.26 Å². The highest BCUT2D eigenvalue weighted by atomic mass is 35.5. The minimum Gasteiger partial charge on any atom is -0.455 e. The summed E-state index contributed by atoms with van der Waals surface area (Å²) in [6, 6.07) is 16.1. The van der Waals surface area contributed by atoms with Crippen LogP contribution in [0.2, 0.25) is 15.1 Å². The summed E-state index contributed by atoms with van der Waals surface area (Å²) in [6.07, 6.45) is 1.13. The molecule has 0 atom stereocenters. The molecule has 1 aromatic heterocycles. The first-order chi connectivity index (χ1) is 14.2. The first kappa shape index (κ1) is 20.9. The molecule has 152 valence electrons. The molecule has 8 heteroatoms. The topological polar surface area (TPSA) is 64.3 Å². The summed E-state index contributed by atoms with van der Waals surface area (Å²) in [5.41, 5.74) is 1.35. The van der Waals surface area contributed by atoms with Gasteiger partial charge >= 0.3 is 0 Å². The second kappa shape index (κ2) is 7.75. The normalized spacial score (nSPS) is 11.7. The van der Waals surface area contributed by atoms with Crippen LogP contribution < -0.4 is 5.43 Å². The van der Waals surface area contributed by atoms with Gasteiger partial charge in [-0.3, -0.25) is 4.79 Å². The molecule has 0 spiro atoms. The zero-order valence-corrected chi connectivity index (χ0v) is 18.5. The Morgan fingerprint density at radius 1 is 0.833 bits per heavy atom. The number of hydrogen-bond acceptors (Lipinski definition) is 4. The van der Waals surface area contributed by atoms with Crippen LogP contribution in [0.5, 0.6) is 0 Å². The molecule has 0 saturated carbocycles. The molecule has 0 amide bonds. The van der Waals surface area contributed by atoms with Crippen molar-refractivity contribution >= 4 is 55.6 Å². The minimum atomic E-state index is -3.36. The summed E-state index contributed by atoms with van der Waals surface area (Å²) in [5.74, 6) is 0.271. The van der Waals surface area contributed by atoms with E-state index in [1.54, 1.807) is 48.5 Å². The van der Waals surface area contributed by atoms with Gasteiger partial charge in [-0.05, 0) is 54.1 Å². The Bertz CT molecular complexity index is 1430. The van der Waals surface area contributed by atoms with E-state index < -0.39 is 9.84 Å². The highest BCUT2D eigenvalue weighted by molar-refractivity contribution is 7.90. The SMILES string of the molecule is CS(=O)(=O)c1ccc(-c2oc3ccccc3c(=O)c2-c2cc(Cl)c(Cl)c(Cl)c2)cc1. The fraction of sp³-hybridized carbons (Fsp3) is 0.0455. The van der Waals surface area contributed by atoms with Crippen molar-refractivity contribution in [2.75, 3.05) is 6.26 Å². The second-order valence-electron chi connectivity index (χ2n) is 6.68. The zero-order valence-electron chi connectivity index (χ0n) is 15.4. The van der Waals surface area contributed by atoms with Crippen LogP contribution in [0.15, 0.2) is 74.8 Å². The summed E-state index contributed by atoms with van der Waals surface area (Å²) < 4.78 is 29.7. The van der Waals surface area contributed by atoms with E-state index in [-0.39, 0.29) is 36.7 Å². The predicted octanol–water partition coefficient (Wildman–Crippen LogP) is 6.49. The van der Waals surface area contributed by atoms with Gasteiger partial charge in [-0.2, -0.15) is 0 Å². The number of benzene rings is 3. The predicted molar refractivity (Wildman–Crippen MR) is 121 cm³/mol. The molecule has 0 bridgehead atoms. The van der Waals surface area contributed by atoms with E-state index in [1.165, 1.54) is 12.1 Å². The van der Waals surface area contributed by atoms with Gasteiger partial charge in [0, 0.05) is 11.8 Å². The molecular formula is C22H13Cl3O4S. The van der Waals surface area contributed by atoms with Crippen molar-refractivity contribution in [3.05, 3.63) is 86.0 Å². The van der Waals surface area contributed by atoms with E-state index in [2.05, 4.69) is 0 Å². The zero-order chi connectivity index (χ0) is 21.6. The molecule has 4 aromatic rings. The molecule has 0 radical (unpaired) electrons. The molecule has 0 aliphatic carbocycles. The fourth-order valence-electron chi connectivity index (χ4n) is 3.16. The van der Waals surface area contributed by atoms with Crippen LogP contribution in [-0.2, 0) is 9.84 Å². The van der Waals surface area contributed by atoms with Crippen molar-refractivity contribution < 1.29 is 12.8 Å². The Labute approximate surface area is 187 Å². The molecule has 0 aliphatic heterocycles. The number of sulfone groups is 1. The Hall–Kier alpha value is -2.31. The van der Waals surface area contributed by atoms with E-state index in [1.807, 2.05) is 0 Å². The molecule has 4 nitrogen and oxygen atoms in total. The molecular weight excluding hydrogens is 467 g/mol. The molecule has 0 N–H and O–H groups in total. The number of para-hydroxylation sites is 1. The lowest BCUT2D eigenvalue weighted by molar-refractivity contribution is 0.601. The average Bonchev–Trinajstić information content (AvgIpc) is 2.71. The minimum absolute atomic E-state index is 0.161. The number of halogens is 3. The van der Waals surface area contributed by atoms with Gasteiger partial charge < -0.3 is 4.42 Å². The number of fused-ring (bicyclic) bond motifs is 1. The van der Waals surface area contributed by atoms with Gasteiger partial charge in [0.15, 0.2) is 9.84 Å². The van der Waals surface area contributed by atoms with Crippen molar-refractivity contribution in [1.29, 1.82) is 0 Å². The third-order valence-electron chi connectivity index (χ3n) is 4.61. The fourth-order valence-corrected chi connectivity index (χ4v) is 4.39. The van der Waals surface area contributed by atoms with Crippen molar-refractivity contribution in [2.45, 2.75) is 4.90 Å². The first-order valence-corrected chi connectivity index (χ1v) is 11.7. The maximum Gasteiger partial charge on any atom is 0.201 e. The quantitative estimate of drug-likeness (QED) is 0.315. The highest BCUT2D eigenvalue weighted by Gasteiger charge is 2.20. The van der Waals surface area contributed by atoms with Gasteiger partial charge in [0.1, 0.15) is 11.3 Å². The van der Waals surface area contributed by atoms with Gasteiger partial charge in [0.25, 0.3) is 0 Å². The van der Waals surface area contributed by atoms with Crippen molar-refractivity contribution in [3.63, 3.8) is 0 Å². The smallest absolute Gasteiger partial charge is 0.201 e. The van der Waals surface area contributed by atoms with Crippen molar-refractivity contribution in [1.82, 2.24) is 0 Å². The van der Waals surface area contributed by atoms with Gasteiger partial charge in [0.2, 0.25) is 5.43 Å². The Balaban J connectivity index is 2.06. The van der Waals surface area contributed by atoms with Crippen LogP contribution in [0.4, 0.5) is 0 Å². The lowest BCUT2D eigenvalue weighted by atomic mass is 9.98. The summed E-state index contributed by atoms with van der Waals surface area (Å²) >= 11 is 18.5. The average molecular weight is 480 g/mol. The summed E-state index contributed by atoms with van der Waals surface area (Å²) in [6.45, 7) is 0. The van der Waals surface area contributed by atoms with Gasteiger partial charge in [-0.15, -0.1) is 0 Å². The molecule has 3 aromatic carbocycles. The molecule has 0 aliphatic rings. The maximum atomic E-state index is 13.4. The van der Waals surface area contributed by atoms with Gasteiger partial charge in [-0.1, -0.05) is 46.9 Å².